The lowest BCUT2D eigenvalue weighted by molar-refractivity contribution is -0.172. The number of carbonyl (C=O) groups is 1. The van der Waals surface area contributed by atoms with E-state index in [1.807, 2.05) is 16.9 Å². The van der Waals surface area contributed by atoms with E-state index in [9.17, 15) is 26.4 Å². The fourth-order valence-electron chi connectivity index (χ4n) is 2.83. The van der Waals surface area contributed by atoms with Crippen LogP contribution in [0.15, 0.2) is 94.0 Å². The molecule has 0 spiro atoms. The van der Waals surface area contributed by atoms with Crippen LogP contribution in [0.2, 0.25) is 0 Å². The Bertz CT molecular complexity index is 1250. The second-order valence-corrected chi connectivity index (χ2v) is 9.86. The van der Waals surface area contributed by atoms with E-state index in [1.54, 1.807) is 30.3 Å². The summed E-state index contributed by atoms with van der Waals surface area (Å²) >= 11 is 2.13. The van der Waals surface area contributed by atoms with E-state index in [0.29, 0.717) is 11.3 Å². The number of hydrogen-bond acceptors (Lipinski definition) is 5. The molecule has 0 heterocycles. The Morgan fingerprint density at radius 3 is 2.18 bits per heavy atom. The van der Waals surface area contributed by atoms with Crippen molar-refractivity contribution in [1.82, 2.24) is 4.72 Å². The van der Waals surface area contributed by atoms with Gasteiger partial charge >= 0.3 is 6.18 Å². The number of carbonyl (C=O) groups excluding carboxylic acids is 1. The van der Waals surface area contributed by atoms with E-state index < -0.39 is 34.4 Å². The van der Waals surface area contributed by atoms with Crippen molar-refractivity contribution in [2.45, 2.75) is 23.5 Å². The summed E-state index contributed by atoms with van der Waals surface area (Å²) in [5.74, 6) is -2.18. The summed E-state index contributed by atoms with van der Waals surface area (Å²) in [5, 5.41) is 8.01. The maximum Gasteiger partial charge on any atom is 0.451 e. The number of nitrogens with zero attached hydrogens (tertiary/aromatic N) is 2. The summed E-state index contributed by atoms with van der Waals surface area (Å²) in [4.78, 5) is 11.6. The molecule has 0 aliphatic rings. The molecule has 0 aliphatic carbocycles. The van der Waals surface area contributed by atoms with Gasteiger partial charge in [-0.2, -0.15) is 28.1 Å². The molecule has 1 atom stereocenters. The van der Waals surface area contributed by atoms with Gasteiger partial charge in [0.15, 0.2) is 0 Å². The molecule has 6 nitrogen and oxygen atoms in total. The second-order valence-electron chi connectivity index (χ2n) is 6.90. The van der Waals surface area contributed by atoms with E-state index in [0.717, 1.165) is 9.64 Å². The van der Waals surface area contributed by atoms with Crippen molar-refractivity contribution in [3.63, 3.8) is 0 Å². The van der Waals surface area contributed by atoms with Crippen molar-refractivity contribution in [2.75, 3.05) is 0 Å². The third-order valence-electron chi connectivity index (χ3n) is 4.41. The van der Waals surface area contributed by atoms with Gasteiger partial charge in [-0.3, -0.25) is 4.79 Å². The first-order valence-electron chi connectivity index (χ1n) is 9.49. The zero-order valence-corrected chi connectivity index (χ0v) is 19.8. The normalized spacial score (nSPS) is 13.2. The molecule has 3 aromatic carbocycles. The minimum atomic E-state index is -5.20. The van der Waals surface area contributed by atoms with Gasteiger partial charge in [-0.15, -0.1) is 0 Å². The highest BCUT2D eigenvalue weighted by molar-refractivity contribution is 14.1. The van der Waals surface area contributed by atoms with Crippen molar-refractivity contribution < 1.29 is 26.4 Å². The van der Waals surface area contributed by atoms with Crippen LogP contribution >= 0.6 is 22.6 Å². The van der Waals surface area contributed by atoms with Crippen LogP contribution in [0, 0.1) is 3.57 Å². The zero-order valence-electron chi connectivity index (χ0n) is 16.8. The van der Waals surface area contributed by atoms with Gasteiger partial charge in [0, 0.05) is 3.57 Å². The van der Waals surface area contributed by atoms with Crippen LogP contribution in [0.1, 0.15) is 5.56 Å². The summed E-state index contributed by atoms with van der Waals surface area (Å²) in [6, 6.07) is 18.2. The number of ketones is 1. The standard InChI is InChI=1S/C22H17F3IN3O3S/c23-22(24,25)21(30)20(13-15-5-2-1-3-6-15)29-33(31,32)19-8-4-7-18(14-19)28-27-17-11-9-16(26)10-12-17/h1-12,14,20,29H,13H2. The Hall–Kier alpha value is -2.64. The molecule has 33 heavy (non-hydrogen) atoms. The zero-order chi connectivity index (χ0) is 24.1. The molecule has 0 bridgehead atoms. The molecule has 172 valence electrons. The van der Waals surface area contributed by atoms with Gasteiger partial charge in [-0.25, -0.2) is 8.42 Å². The van der Waals surface area contributed by atoms with Gasteiger partial charge in [0.25, 0.3) is 5.78 Å². The second kappa shape index (κ2) is 10.5. The number of halogens is 4. The topological polar surface area (TPSA) is 88.0 Å². The van der Waals surface area contributed by atoms with Crippen LogP contribution in [0.4, 0.5) is 24.5 Å². The molecule has 0 aliphatic heterocycles. The lowest BCUT2D eigenvalue weighted by atomic mass is 10.0. The van der Waals surface area contributed by atoms with Gasteiger partial charge in [0.1, 0.15) is 0 Å². The van der Waals surface area contributed by atoms with E-state index in [4.69, 9.17) is 0 Å². The molecule has 0 aromatic heterocycles. The van der Waals surface area contributed by atoms with Crippen LogP contribution in [0.5, 0.6) is 0 Å². The van der Waals surface area contributed by atoms with Crippen LogP contribution in [-0.4, -0.2) is 26.4 Å². The third kappa shape index (κ3) is 7.17. The minimum absolute atomic E-state index is 0.179. The minimum Gasteiger partial charge on any atom is -0.288 e. The summed E-state index contributed by atoms with van der Waals surface area (Å²) in [6.45, 7) is 0. The molecule has 11 heteroatoms. The monoisotopic (exact) mass is 587 g/mol. The first kappa shape index (κ1) is 25.0. The number of Topliss-reactive ketones (excluding diaryl/α,β-unsaturated/α-hetero) is 1. The predicted molar refractivity (Wildman–Crippen MR) is 125 cm³/mol. The molecule has 0 saturated carbocycles. The van der Waals surface area contributed by atoms with Crippen molar-refractivity contribution in [1.29, 1.82) is 0 Å². The molecule has 1 unspecified atom stereocenters. The number of sulfonamides is 1. The van der Waals surface area contributed by atoms with Crippen LogP contribution in [0.3, 0.4) is 0 Å². The Morgan fingerprint density at radius 2 is 1.55 bits per heavy atom. The molecule has 3 rings (SSSR count). The van der Waals surface area contributed by atoms with E-state index in [2.05, 4.69) is 32.8 Å². The lowest BCUT2D eigenvalue weighted by Crippen LogP contribution is -2.47. The van der Waals surface area contributed by atoms with E-state index >= 15 is 0 Å². The molecule has 0 saturated heterocycles. The van der Waals surface area contributed by atoms with Gasteiger partial charge in [-0.05, 0) is 77.0 Å². The van der Waals surface area contributed by atoms with Crippen LogP contribution in [-0.2, 0) is 21.2 Å². The average Bonchev–Trinajstić information content (AvgIpc) is 2.78. The summed E-state index contributed by atoms with van der Waals surface area (Å²) in [5.41, 5.74) is 1.10. The maximum absolute atomic E-state index is 13.1. The number of azo groups is 1. The molecular formula is C22H17F3IN3O3S. The number of benzene rings is 3. The van der Waals surface area contributed by atoms with Crippen molar-refractivity contribution >= 4 is 49.8 Å². The maximum atomic E-state index is 13.1. The van der Waals surface area contributed by atoms with E-state index in [1.165, 1.54) is 30.3 Å². The first-order valence-corrected chi connectivity index (χ1v) is 12.1. The number of alkyl halides is 3. The van der Waals surface area contributed by atoms with Crippen molar-refractivity contribution in [3.05, 3.63) is 88.0 Å². The molecule has 0 radical (unpaired) electrons. The number of rotatable bonds is 8. The largest absolute Gasteiger partial charge is 0.451 e. The highest BCUT2D eigenvalue weighted by Crippen LogP contribution is 2.24. The number of nitrogens with one attached hydrogen (secondary N) is 1. The quantitative estimate of drug-likeness (QED) is 0.270. The Balaban J connectivity index is 1.85. The smallest absolute Gasteiger partial charge is 0.288 e. The molecule has 3 aromatic rings. The van der Waals surface area contributed by atoms with E-state index in [-0.39, 0.29) is 10.6 Å². The molecular weight excluding hydrogens is 570 g/mol. The van der Waals surface area contributed by atoms with Crippen LogP contribution in [0.25, 0.3) is 0 Å². The molecule has 1 N–H and O–H groups in total. The fraction of sp³-hybridized carbons (Fsp3) is 0.136. The summed E-state index contributed by atoms with van der Waals surface area (Å²) < 4.78 is 67.9. The Labute approximate surface area is 202 Å². The fourth-order valence-corrected chi connectivity index (χ4v) is 4.42. The first-order chi connectivity index (χ1) is 15.5. The molecule has 0 fully saturated rings. The average molecular weight is 587 g/mol. The highest BCUT2D eigenvalue weighted by Gasteiger charge is 2.44. The van der Waals surface area contributed by atoms with Gasteiger partial charge in [0.05, 0.1) is 22.3 Å². The summed E-state index contributed by atoms with van der Waals surface area (Å²) in [7, 11) is -4.47. The predicted octanol–water partition coefficient (Wildman–Crippen LogP) is 5.73. The van der Waals surface area contributed by atoms with Crippen LogP contribution < -0.4 is 4.72 Å². The number of hydrogen-bond donors (Lipinski definition) is 1. The SMILES string of the molecule is O=C(C(Cc1ccccc1)NS(=O)(=O)c1cccc(N=Nc2ccc(I)cc2)c1)C(F)(F)F. The van der Waals surface area contributed by atoms with Gasteiger partial charge < -0.3 is 0 Å². The molecule has 0 amide bonds. The van der Waals surface area contributed by atoms with Gasteiger partial charge in [0.2, 0.25) is 10.0 Å². The highest BCUT2D eigenvalue weighted by atomic mass is 127. The third-order valence-corrected chi connectivity index (χ3v) is 6.60. The lowest BCUT2D eigenvalue weighted by Gasteiger charge is -2.19. The van der Waals surface area contributed by atoms with Crippen molar-refractivity contribution in [3.8, 4) is 0 Å². The Kier molecular flexibility index (Phi) is 7.97. The summed E-state index contributed by atoms with van der Waals surface area (Å²) in [6.07, 6.45) is -5.66. The van der Waals surface area contributed by atoms with Gasteiger partial charge in [-0.1, -0.05) is 36.4 Å². The van der Waals surface area contributed by atoms with Crippen molar-refractivity contribution in [2.24, 2.45) is 10.2 Å². The Morgan fingerprint density at radius 1 is 0.909 bits per heavy atom.